The van der Waals surface area contributed by atoms with Gasteiger partial charge in [-0.05, 0) is 55.1 Å². The third-order valence-corrected chi connectivity index (χ3v) is 4.74. The Morgan fingerprint density at radius 2 is 1.96 bits per heavy atom. The highest BCUT2D eigenvalue weighted by atomic mass is 32.2. The minimum atomic E-state index is -0.281. The van der Waals surface area contributed by atoms with Crippen molar-refractivity contribution in [2.24, 2.45) is 0 Å². The summed E-state index contributed by atoms with van der Waals surface area (Å²) in [6.07, 6.45) is 2.00. The van der Waals surface area contributed by atoms with E-state index in [0.29, 0.717) is 5.71 Å². The highest BCUT2D eigenvalue weighted by Crippen LogP contribution is 2.25. The topological polar surface area (TPSA) is 55.1 Å². The third kappa shape index (κ3) is 3.10. The number of fused-ring (bicyclic) bond motifs is 2. The first-order valence-electron chi connectivity index (χ1n) is 7.89. The Hall–Kier alpha value is -2.79. The fraction of sp³-hybridized carbons (Fsp3) is 0.100. The van der Waals surface area contributed by atoms with E-state index in [2.05, 4.69) is 10.3 Å². The molecule has 4 rings (SSSR count). The Balaban J connectivity index is 1.68. The molecule has 1 N–H and O–H groups in total. The lowest BCUT2D eigenvalue weighted by atomic mass is 10.1. The van der Waals surface area contributed by atoms with Crippen molar-refractivity contribution in [2.45, 2.75) is 11.8 Å². The fourth-order valence-electron chi connectivity index (χ4n) is 2.74. The molecule has 0 unspecified atom stereocenters. The van der Waals surface area contributed by atoms with Gasteiger partial charge < -0.3 is 9.73 Å². The molecule has 0 radical (unpaired) electrons. The molecule has 0 atom stereocenters. The number of aryl methyl sites for hydroxylation is 1. The van der Waals surface area contributed by atoms with Crippen molar-refractivity contribution < 1.29 is 9.21 Å². The van der Waals surface area contributed by atoms with Gasteiger partial charge in [0.05, 0.1) is 5.52 Å². The van der Waals surface area contributed by atoms with Gasteiger partial charge in [-0.2, -0.15) is 0 Å². The zero-order valence-electron chi connectivity index (χ0n) is 13.9. The monoisotopic (exact) mass is 348 g/mol. The number of furan rings is 1. The van der Waals surface area contributed by atoms with E-state index < -0.39 is 0 Å². The van der Waals surface area contributed by atoms with Gasteiger partial charge in [0.25, 0.3) is 5.91 Å². The van der Waals surface area contributed by atoms with Crippen LogP contribution < -0.4 is 5.32 Å². The van der Waals surface area contributed by atoms with Crippen LogP contribution in [0.25, 0.3) is 22.0 Å². The first kappa shape index (κ1) is 15.7. The lowest BCUT2D eigenvalue weighted by molar-refractivity contribution is 0.0998. The van der Waals surface area contributed by atoms with Crippen LogP contribution in [-0.2, 0) is 0 Å². The number of benzene rings is 2. The van der Waals surface area contributed by atoms with E-state index in [1.54, 1.807) is 17.8 Å². The van der Waals surface area contributed by atoms with Crippen LogP contribution in [0.4, 0.5) is 5.69 Å². The molecule has 25 heavy (non-hydrogen) atoms. The van der Waals surface area contributed by atoms with E-state index in [9.17, 15) is 4.79 Å². The molecule has 0 aliphatic carbocycles. The Kier molecular flexibility index (Phi) is 3.93. The van der Waals surface area contributed by atoms with Gasteiger partial charge in [0.1, 0.15) is 0 Å². The SMILES string of the molecule is CSc1cccc(NC(=O)c2cc3cc4ccc(C)cc4nc3o2)c1. The predicted octanol–water partition coefficient (Wildman–Crippen LogP) is 5.26. The smallest absolute Gasteiger partial charge is 0.291 e. The number of nitrogens with one attached hydrogen (secondary N) is 1. The van der Waals surface area contributed by atoms with Gasteiger partial charge in [-0.3, -0.25) is 4.79 Å². The Bertz CT molecular complexity index is 1100. The summed E-state index contributed by atoms with van der Waals surface area (Å²) >= 11 is 1.63. The van der Waals surface area contributed by atoms with E-state index >= 15 is 0 Å². The molecule has 4 nitrogen and oxygen atoms in total. The molecule has 5 heteroatoms. The molecule has 0 spiro atoms. The largest absolute Gasteiger partial charge is 0.433 e. The van der Waals surface area contributed by atoms with Gasteiger partial charge in [-0.1, -0.05) is 18.2 Å². The Morgan fingerprint density at radius 1 is 1.08 bits per heavy atom. The number of nitrogens with zero attached hydrogens (tertiary/aromatic N) is 1. The lowest BCUT2D eigenvalue weighted by Crippen LogP contribution is -2.10. The van der Waals surface area contributed by atoms with E-state index in [4.69, 9.17) is 4.42 Å². The highest BCUT2D eigenvalue weighted by molar-refractivity contribution is 7.98. The molecule has 0 saturated heterocycles. The van der Waals surface area contributed by atoms with Gasteiger partial charge >= 0.3 is 0 Å². The molecule has 1 amide bonds. The van der Waals surface area contributed by atoms with E-state index in [1.807, 2.05) is 61.7 Å². The summed E-state index contributed by atoms with van der Waals surface area (Å²) in [5.41, 5.74) is 3.21. The predicted molar refractivity (Wildman–Crippen MR) is 102 cm³/mol. The molecule has 0 aliphatic heterocycles. The molecule has 2 aromatic carbocycles. The zero-order valence-corrected chi connectivity index (χ0v) is 14.7. The Morgan fingerprint density at radius 3 is 2.80 bits per heavy atom. The first-order valence-corrected chi connectivity index (χ1v) is 9.11. The van der Waals surface area contributed by atoms with E-state index in [1.165, 1.54) is 0 Å². The average Bonchev–Trinajstić information content (AvgIpc) is 3.03. The number of aromatic nitrogens is 1. The van der Waals surface area contributed by atoms with Crippen LogP contribution >= 0.6 is 11.8 Å². The summed E-state index contributed by atoms with van der Waals surface area (Å²) in [4.78, 5) is 18.1. The second kappa shape index (κ2) is 6.26. The van der Waals surface area contributed by atoms with Gasteiger partial charge in [0, 0.05) is 21.4 Å². The van der Waals surface area contributed by atoms with Crippen molar-refractivity contribution in [3.63, 3.8) is 0 Å². The fourth-order valence-corrected chi connectivity index (χ4v) is 3.20. The third-order valence-electron chi connectivity index (χ3n) is 4.01. The quantitative estimate of drug-likeness (QED) is 0.513. The summed E-state index contributed by atoms with van der Waals surface area (Å²) in [7, 11) is 0. The maximum absolute atomic E-state index is 12.5. The minimum Gasteiger partial charge on any atom is -0.433 e. The van der Waals surface area contributed by atoms with Crippen molar-refractivity contribution in [1.29, 1.82) is 0 Å². The summed E-state index contributed by atoms with van der Waals surface area (Å²) in [5.74, 6) is -0.0272. The molecule has 0 bridgehead atoms. The molecule has 124 valence electrons. The van der Waals surface area contributed by atoms with Crippen LogP contribution in [0, 0.1) is 6.92 Å². The molecule has 2 aromatic heterocycles. The van der Waals surface area contributed by atoms with Crippen LogP contribution in [0.1, 0.15) is 16.1 Å². The number of carbonyl (C=O) groups is 1. The number of rotatable bonds is 3. The first-order chi connectivity index (χ1) is 12.1. The summed E-state index contributed by atoms with van der Waals surface area (Å²) in [6.45, 7) is 2.02. The van der Waals surface area contributed by atoms with Crippen LogP contribution in [0.3, 0.4) is 0 Å². The average molecular weight is 348 g/mol. The maximum atomic E-state index is 12.5. The van der Waals surface area contributed by atoms with Gasteiger partial charge in [0.2, 0.25) is 5.71 Å². The summed E-state index contributed by atoms with van der Waals surface area (Å²) in [6, 6.07) is 17.5. The number of thioether (sulfide) groups is 1. The number of hydrogen-bond acceptors (Lipinski definition) is 4. The summed E-state index contributed by atoms with van der Waals surface area (Å²) < 4.78 is 5.68. The normalized spacial score (nSPS) is 11.1. The van der Waals surface area contributed by atoms with Crippen molar-refractivity contribution in [2.75, 3.05) is 11.6 Å². The van der Waals surface area contributed by atoms with Crippen LogP contribution in [0.5, 0.6) is 0 Å². The number of anilines is 1. The van der Waals surface area contributed by atoms with E-state index in [-0.39, 0.29) is 11.7 Å². The lowest BCUT2D eigenvalue weighted by Gasteiger charge is -2.04. The van der Waals surface area contributed by atoms with Crippen LogP contribution in [-0.4, -0.2) is 17.1 Å². The minimum absolute atomic E-state index is 0.254. The number of carbonyl (C=O) groups excluding carboxylic acids is 1. The molecule has 0 fully saturated rings. The number of pyridine rings is 1. The van der Waals surface area contributed by atoms with Crippen molar-refractivity contribution in [1.82, 2.24) is 4.98 Å². The van der Waals surface area contributed by atoms with Crippen molar-refractivity contribution in [3.8, 4) is 0 Å². The van der Waals surface area contributed by atoms with Crippen LogP contribution in [0.15, 0.2) is 63.9 Å². The molecule has 0 saturated carbocycles. The molecule has 0 aliphatic rings. The van der Waals surface area contributed by atoms with E-state index in [0.717, 1.165) is 32.4 Å². The standard InChI is InChI=1S/C20H16N2O2S/c1-12-6-7-13-9-14-10-18(24-20(14)22-17(13)8-12)19(23)21-15-4-3-5-16(11-15)25-2/h3-11H,1-2H3,(H,21,23). The van der Waals surface area contributed by atoms with Crippen molar-refractivity contribution >= 4 is 45.4 Å². The van der Waals surface area contributed by atoms with Gasteiger partial charge in [-0.15, -0.1) is 11.8 Å². The van der Waals surface area contributed by atoms with Gasteiger partial charge in [-0.25, -0.2) is 4.98 Å². The van der Waals surface area contributed by atoms with Crippen LogP contribution in [0.2, 0.25) is 0 Å². The molecular formula is C20H16N2O2S. The highest BCUT2D eigenvalue weighted by Gasteiger charge is 2.14. The Labute approximate surface area is 149 Å². The van der Waals surface area contributed by atoms with Crippen molar-refractivity contribution in [3.05, 3.63) is 65.9 Å². The molecule has 4 aromatic rings. The van der Waals surface area contributed by atoms with Gasteiger partial charge in [0.15, 0.2) is 5.76 Å². The molecular weight excluding hydrogens is 332 g/mol. The summed E-state index contributed by atoms with van der Waals surface area (Å²) in [5, 5.41) is 4.72. The number of amides is 1. The maximum Gasteiger partial charge on any atom is 0.291 e. The zero-order chi connectivity index (χ0) is 17.4. The second-order valence-electron chi connectivity index (χ2n) is 5.88. The number of hydrogen-bond donors (Lipinski definition) is 1. The second-order valence-corrected chi connectivity index (χ2v) is 6.76. The molecule has 2 heterocycles.